The van der Waals surface area contributed by atoms with Crippen molar-refractivity contribution in [3.8, 4) is 0 Å². The van der Waals surface area contributed by atoms with E-state index in [9.17, 15) is 4.79 Å². The third-order valence-corrected chi connectivity index (χ3v) is 4.32. The minimum atomic E-state index is 0.0623. The second-order valence-corrected chi connectivity index (χ2v) is 6.15. The number of carbonyl (C=O) groups is 1. The lowest BCUT2D eigenvalue weighted by Gasteiger charge is -2.02. The van der Waals surface area contributed by atoms with Crippen LogP contribution in [0.15, 0.2) is 59.5 Å². The molecule has 22 heavy (non-hydrogen) atoms. The van der Waals surface area contributed by atoms with Crippen LogP contribution in [0.4, 0.5) is 0 Å². The average molecular weight is 310 g/mol. The average Bonchev–Trinajstić information content (AvgIpc) is 2.58. The summed E-state index contributed by atoms with van der Waals surface area (Å²) in [7, 11) is 0. The highest BCUT2D eigenvalue weighted by molar-refractivity contribution is 7.98. The van der Waals surface area contributed by atoms with Gasteiger partial charge in [-0.3, -0.25) is 4.79 Å². The van der Waals surface area contributed by atoms with E-state index in [2.05, 4.69) is 31.4 Å². The molecule has 1 nitrogen and oxygen atoms in total. The van der Waals surface area contributed by atoms with Gasteiger partial charge in [-0.05, 0) is 54.5 Å². The predicted octanol–water partition coefficient (Wildman–Crippen LogP) is 5.65. The first-order chi connectivity index (χ1) is 10.7. The van der Waals surface area contributed by atoms with Gasteiger partial charge in [0.2, 0.25) is 0 Å². The molecule has 0 atom stereocenters. The first kappa shape index (κ1) is 16.6. The molecule has 0 aliphatic carbocycles. The number of aryl methyl sites for hydroxylation is 1. The van der Waals surface area contributed by atoms with Gasteiger partial charge in [-0.2, -0.15) is 0 Å². The van der Waals surface area contributed by atoms with E-state index in [0.29, 0.717) is 0 Å². The van der Waals surface area contributed by atoms with Gasteiger partial charge in [-0.15, -0.1) is 11.8 Å². The maximum absolute atomic E-state index is 12.3. The largest absolute Gasteiger partial charge is 0.289 e. The van der Waals surface area contributed by atoms with E-state index in [1.807, 2.05) is 36.4 Å². The highest BCUT2D eigenvalue weighted by Crippen LogP contribution is 2.16. The molecular formula is C20H22OS. The van der Waals surface area contributed by atoms with E-state index in [4.69, 9.17) is 0 Å². The number of rotatable bonds is 7. The molecule has 0 aliphatic heterocycles. The van der Waals surface area contributed by atoms with Crippen LogP contribution in [0.1, 0.15) is 41.3 Å². The smallest absolute Gasteiger partial charge is 0.185 e. The van der Waals surface area contributed by atoms with E-state index >= 15 is 0 Å². The minimum Gasteiger partial charge on any atom is -0.289 e. The second-order valence-electron chi connectivity index (χ2n) is 5.27. The SMILES string of the molecule is CCCCc1cccc(C(=O)C=Cc2ccc(SC)cc2)c1. The first-order valence-corrected chi connectivity index (χ1v) is 8.91. The number of unbranched alkanes of at least 4 members (excludes halogenated alkanes) is 1. The van der Waals surface area contributed by atoms with Crippen molar-refractivity contribution in [3.05, 3.63) is 71.3 Å². The molecule has 0 unspecified atom stereocenters. The standard InChI is InChI=1S/C20H22OS/c1-3-4-6-17-7-5-8-18(15-17)20(21)14-11-16-9-12-19(22-2)13-10-16/h5,7-15H,3-4,6H2,1-2H3. The van der Waals surface area contributed by atoms with Crippen LogP contribution in [0.2, 0.25) is 0 Å². The van der Waals surface area contributed by atoms with Crippen molar-refractivity contribution >= 4 is 23.6 Å². The number of allylic oxidation sites excluding steroid dienone is 1. The zero-order chi connectivity index (χ0) is 15.8. The molecule has 0 heterocycles. The molecule has 2 rings (SSSR count). The normalized spacial score (nSPS) is 11.0. The summed E-state index contributed by atoms with van der Waals surface area (Å²) in [5.41, 5.74) is 3.06. The Kier molecular flexibility index (Phi) is 6.47. The van der Waals surface area contributed by atoms with Crippen LogP contribution in [0.3, 0.4) is 0 Å². The molecule has 2 aromatic rings. The zero-order valence-corrected chi connectivity index (χ0v) is 14.0. The lowest BCUT2D eigenvalue weighted by atomic mass is 10.0. The van der Waals surface area contributed by atoms with Crippen LogP contribution in [0, 0.1) is 0 Å². The fourth-order valence-corrected chi connectivity index (χ4v) is 2.65. The second kappa shape index (κ2) is 8.60. The van der Waals surface area contributed by atoms with Crippen molar-refractivity contribution in [3.63, 3.8) is 0 Å². The Bertz CT molecular complexity index is 641. The molecule has 0 aromatic heterocycles. The molecule has 0 amide bonds. The molecule has 2 heteroatoms. The third-order valence-electron chi connectivity index (χ3n) is 3.57. The van der Waals surface area contributed by atoms with Crippen LogP contribution < -0.4 is 0 Å². The number of thioether (sulfide) groups is 1. The first-order valence-electron chi connectivity index (χ1n) is 7.68. The Balaban J connectivity index is 2.05. The van der Waals surface area contributed by atoms with Crippen molar-refractivity contribution in [2.24, 2.45) is 0 Å². The lowest BCUT2D eigenvalue weighted by molar-refractivity contribution is 0.104. The molecule has 114 valence electrons. The Labute approximate surface area is 137 Å². The van der Waals surface area contributed by atoms with Gasteiger partial charge in [-0.1, -0.05) is 49.8 Å². The monoisotopic (exact) mass is 310 g/mol. The quantitative estimate of drug-likeness (QED) is 0.373. The third kappa shape index (κ3) is 4.88. The molecule has 0 bridgehead atoms. The number of ketones is 1. The summed E-state index contributed by atoms with van der Waals surface area (Å²) in [6, 6.07) is 16.2. The van der Waals surface area contributed by atoms with Gasteiger partial charge < -0.3 is 0 Å². The maximum atomic E-state index is 12.3. The molecule has 0 N–H and O–H groups in total. The van der Waals surface area contributed by atoms with E-state index in [1.54, 1.807) is 17.8 Å². The van der Waals surface area contributed by atoms with Crippen molar-refractivity contribution in [2.75, 3.05) is 6.26 Å². The molecular weight excluding hydrogens is 288 g/mol. The Hall–Kier alpha value is -1.80. The van der Waals surface area contributed by atoms with Gasteiger partial charge in [0.25, 0.3) is 0 Å². The lowest BCUT2D eigenvalue weighted by Crippen LogP contribution is -1.96. The van der Waals surface area contributed by atoms with Gasteiger partial charge in [0.15, 0.2) is 5.78 Å². The van der Waals surface area contributed by atoms with Crippen LogP contribution in [0.5, 0.6) is 0 Å². The van der Waals surface area contributed by atoms with Crippen molar-refractivity contribution in [1.29, 1.82) is 0 Å². The minimum absolute atomic E-state index is 0.0623. The number of benzene rings is 2. The summed E-state index contributed by atoms with van der Waals surface area (Å²) in [5, 5.41) is 0. The Morgan fingerprint density at radius 1 is 1.14 bits per heavy atom. The predicted molar refractivity (Wildman–Crippen MR) is 96.6 cm³/mol. The van der Waals surface area contributed by atoms with E-state index in [1.165, 1.54) is 16.9 Å². The van der Waals surface area contributed by atoms with Gasteiger partial charge in [0.1, 0.15) is 0 Å². The van der Waals surface area contributed by atoms with Gasteiger partial charge in [-0.25, -0.2) is 0 Å². The molecule has 0 saturated carbocycles. The Morgan fingerprint density at radius 2 is 1.91 bits per heavy atom. The molecule has 0 radical (unpaired) electrons. The summed E-state index contributed by atoms with van der Waals surface area (Å²) < 4.78 is 0. The molecule has 2 aromatic carbocycles. The van der Waals surface area contributed by atoms with Crippen molar-refractivity contribution in [1.82, 2.24) is 0 Å². The summed E-state index contributed by atoms with van der Waals surface area (Å²) in [5.74, 6) is 0.0623. The zero-order valence-electron chi connectivity index (χ0n) is 13.2. The van der Waals surface area contributed by atoms with Crippen LogP contribution in [-0.2, 0) is 6.42 Å². The van der Waals surface area contributed by atoms with Crippen molar-refractivity contribution < 1.29 is 4.79 Å². The highest BCUT2D eigenvalue weighted by Gasteiger charge is 2.03. The van der Waals surface area contributed by atoms with E-state index in [0.717, 1.165) is 24.0 Å². The topological polar surface area (TPSA) is 17.1 Å². The highest BCUT2D eigenvalue weighted by atomic mass is 32.2. The molecule has 0 fully saturated rings. The van der Waals surface area contributed by atoms with E-state index < -0.39 is 0 Å². The fraction of sp³-hybridized carbons (Fsp3) is 0.250. The summed E-state index contributed by atoms with van der Waals surface area (Å²) in [6.07, 6.45) is 8.97. The van der Waals surface area contributed by atoms with Gasteiger partial charge in [0, 0.05) is 10.5 Å². The van der Waals surface area contributed by atoms with Crippen LogP contribution in [-0.4, -0.2) is 12.0 Å². The van der Waals surface area contributed by atoms with Gasteiger partial charge in [0.05, 0.1) is 0 Å². The number of hydrogen-bond donors (Lipinski definition) is 0. The fourth-order valence-electron chi connectivity index (χ4n) is 2.24. The van der Waals surface area contributed by atoms with Gasteiger partial charge >= 0.3 is 0 Å². The summed E-state index contributed by atoms with van der Waals surface area (Å²) in [6.45, 7) is 2.18. The van der Waals surface area contributed by atoms with Crippen LogP contribution in [0.25, 0.3) is 6.08 Å². The molecule has 0 spiro atoms. The number of carbonyl (C=O) groups excluding carboxylic acids is 1. The van der Waals surface area contributed by atoms with Crippen molar-refractivity contribution in [2.45, 2.75) is 31.1 Å². The maximum Gasteiger partial charge on any atom is 0.185 e. The summed E-state index contributed by atoms with van der Waals surface area (Å²) >= 11 is 1.72. The number of hydrogen-bond acceptors (Lipinski definition) is 2. The van der Waals surface area contributed by atoms with Crippen LogP contribution >= 0.6 is 11.8 Å². The molecule has 0 aliphatic rings. The Morgan fingerprint density at radius 3 is 2.59 bits per heavy atom. The molecule has 0 saturated heterocycles. The summed E-state index contributed by atoms with van der Waals surface area (Å²) in [4.78, 5) is 13.5. The van der Waals surface area contributed by atoms with E-state index in [-0.39, 0.29) is 5.78 Å².